The molecule has 4 aromatic rings. The smallest absolute Gasteiger partial charge is 0.241 e. The van der Waals surface area contributed by atoms with Crippen LogP contribution in [0.4, 0.5) is 5.69 Å². The van der Waals surface area contributed by atoms with E-state index in [4.69, 9.17) is 11.6 Å². The van der Waals surface area contributed by atoms with Crippen LogP contribution in [-0.4, -0.2) is 30.8 Å². The highest BCUT2D eigenvalue weighted by Crippen LogP contribution is 2.26. The Morgan fingerprint density at radius 1 is 1.03 bits per heavy atom. The van der Waals surface area contributed by atoms with Gasteiger partial charge in [-0.1, -0.05) is 35.4 Å². The van der Waals surface area contributed by atoms with Crippen molar-refractivity contribution in [3.8, 4) is 5.69 Å². The number of hydrogen-bond donors (Lipinski definition) is 2. The summed E-state index contributed by atoms with van der Waals surface area (Å²) in [6.45, 7) is 7.90. The molecule has 1 heterocycles. The molecule has 0 spiro atoms. The van der Waals surface area contributed by atoms with E-state index in [9.17, 15) is 8.42 Å². The summed E-state index contributed by atoms with van der Waals surface area (Å²) in [5.74, 6) is 0. The predicted octanol–water partition coefficient (Wildman–Crippen LogP) is 5.38. The van der Waals surface area contributed by atoms with Crippen LogP contribution in [0, 0.1) is 20.8 Å². The molecule has 4 rings (SSSR count). The highest BCUT2D eigenvalue weighted by molar-refractivity contribution is 7.89. The first-order valence-electron chi connectivity index (χ1n) is 10.7. The van der Waals surface area contributed by atoms with E-state index in [2.05, 4.69) is 15.1 Å². The summed E-state index contributed by atoms with van der Waals surface area (Å²) in [5.41, 5.74) is 5.30. The SMILES string of the molecule is Cc1cc(C)c(S(=O)(=O)NC(C)CNc2cccc3c2cnn3-c2ccc(Cl)cc2)c(C)c1. The lowest BCUT2D eigenvalue weighted by Gasteiger charge is -2.18. The van der Waals surface area contributed by atoms with Gasteiger partial charge in [-0.2, -0.15) is 5.10 Å². The molecule has 0 aliphatic carbocycles. The minimum absolute atomic E-state index is 0.323. The Balaban J connectivity index is 1.51. The van der Waals surface area contributed by atoms with Crippen LogP contribution < -0.4 is 10.0 Å². The van der Waals surface area contributed by atoms with Crippen molar-refractivity contribution in [3.05, 3.63) is 82.5 Å². The molecule has 1 aromatic heterocycles. The molecule has 0 amide bonds. The molecular formula is C25H27ClN4O2S. The molecule has 1 unspecified atom stereocenters. The fourth-order valence-corrected chi connectivity index (χ4v) is 6.03. The van der Waals surface area contributed by atoms with Crippen LogP contribution in [0.2, 0.25) is 5.02 Å². The van der Waals surface area contributed by atoms with Gasteiger partial charge in [-0.15, -0.1) is 0 Å². The standard InChI is InChI=1S/C25H27ClN4O2S/c1-16-12-17(2)25(18(3)13-16)33(31,32)29-19(4)14-27-23-6-5-7-24-22(23)15-28-30(24)21-10-8-20(26)9-11-21/h5-13,15,19,27,29H,14H2,1-4H3. The van der Waals surface area contributed by atoms with E-state index in [1.54, 1.807) is 6.20 Å². The minimum Gasteiger partial charge on any atom is -0.383 e. The first-order chi connectivity index (χ1) is 15.7. The van der Waals surface area contributed by atoms with Crippen molar-refractivity contribution in [3.63, 3.8) is 0 Å². The summed E-state index contributed by atoms with van der Waals surface area (Å²) in [4.78, 5) is 0.353. The molecule has 0 aliphatic rings. The van der Waals surface area contributed by atoms with Gasteiger partial charge < -0.3 is 5.32 Å². The van der Waals surface area contributed by atoms with Crippen LogP contribution in [0.3, 0.4) is 0 Å². The van der Waals surface area contributed by atoms with Gasteiger partial charge in [-0.05, 0) is 75.2 Å². The fraction of sp³-hybridized carbons (Fsp3) is 0.240. The summed E-state index contributed by atoms with van der Waals surface area (Å²) in [5, 5.41) is 9.53. The quantitative estimate of drug-likeness (QED) is 0.370. The van der Waals surface area contributed by atoms with E-state index in [0.29, 0.717) is 16.5 Å². The molecule has 1 atom stereocenters. The minimum atomic E-state index is -3.64. The van der Waals surface area contributed by atoms with Crippen LogP contribution in [0.15, 0.2) is 65.7 Å². The zero-order chi connectivity index (χ0) is 23.8. The van der Waals surface area contributed by atoms with Gasteiger partial charge in [-0.3, -0.25) is 0 Å². The monoisotopic (exact) mass is 482 g/mol. The maximum Gasteiger partial charge on any atom is 0.241 e. The molecule has 0 saturated carbocycles. The normalized spacial score (nSPS) is 12.8. The number of nitrogens with one attached hydrogen (secondary N) is 2. The van der Waals surface area contributed by atoms with Crippen molar-refractivity contribution in [2.24, 2.45) is 0 Å². The summed E-state index contributed by atoms with van der Waals surface area (Å²) in [6.07, 6.45) is 1.81. The van der Waals surface area contributed by atoms with E-state index < -0.39 is 10.0 Å². The summed E-state index contributed by atoms with van der Waals surface area (Å²) < 4.78 is 30.7. The van der Waals surface area contributed by atoms with Gasteiger partial charge in [0.25, 0.3) is 0 Å². The van der Waals surface area contributed by atoms with Gasteiger partial charge in [0.2, 0.25) is 10.0 Å². The molecule has 0 fully saturated rings. The lowest BCUT2D eigenvalue weighted by Crippen LogP contribution is -2.38. The van der Waals surface area contributed by atoms with E-state index in [-0.39, 0.29) is 6.04 Å². The maximum absolute atomic E-state index is 13.0. The zero-order valence-electron chi connectivity index (χ0n) is 19.1. The van der Waals surface area contributed by atoms with Crippen molar-refractivity contribution in [1.29, 1.82) is 0 Å². The van der Waals surface area contributed by atoms with Crippen molar-refractivity contribution in [1.82, 2.24) is 14.5 Å². The number of aryl methyl sites for hydroxylation is 3. The van der Waals surface area contributed by atoms with E-state index in [0.717, 1.165) is 39.0 Å². The number of hydrogen-bond acceptors (Lipinski definition) is 4. The number of halogens is 1. The third-order valence-corrected chi connectivity index (χ3v) is 7.66. The van der Waals surface area contributed by atoms with Gasteiger partial charge >= 0.3 is 0 Å². The molecule has 33 heavy (non-hydrogen) atoms. The Bertz CT molecular complexity index is 1390. The average Bonchev–Trinajstić information content (AvgIpc) is 3.16. The van der Waals surface area contributed by atoms with Gasteiger partial charge in [0.05, 0.1) is 22.3 Å². The fourth-order valence-electron chi connectivity index (χ4n) is 4.21. The number of aromatic nitrogens is 2. The molecule has 172 valence electrons. The Labute approximate surface area is 199 Å². The van der Waals surface area contributed by atoms with Crippen LogP contribution >= 0.6 is 11.6 Å². The van der Waals surface area contributed by atoms with E-state index in [1.807, 2.05) is 87.0 Å². The van der Waals surface area contributed by atoms with Crippen molar-refractivity contribution >= 4 is 38.2 Å². The molecule has 3 aromatic carbocycles. The topological polar surface area (TPSA) is 76.0 Å². The van der Waals surface area contributed by atoms with Gasteiger partial charge in [0.1, 0.15) is 0 Å². The second-order valence-corrected chi connectivity index (χ2v) is 10.5. The highest BCUT2D eigenvalue weighted by atomic mass is 35.5. The first kappa shape index (κ1) is 23.3. The Hall–Kier alpha value is -2.87. The molecule has 0 aliphatic heterocycles. The maximum atomic E-state index is 13.0. The molecule has 0 saturated heterocycles. The third-order valence-electron chi connectivity index (χ3n) is 5.51. The number of rotatable bonds is 7. The van der Waals surface area contributed by atoms with Crippen LogP contribution in [0.1, 0.15) is 23.6 Å². The van der Waals surface area contributed by atoms with E-state index >= 15 is 0 Å². The number of sulfonamides is 1. The number of benzene rings is 3. The van der Waals surface area contributed by atoms with Crippen molar-refractivity contribution in [2.45, 2.75) is 38.6 Å². The average molecular weight is 483 g/mol. The molecular weight excluding hydrogens is 456 g/mol. The third kappa shape index (κ3) is 4.90. The molecule has 2 N–H and O–H groups in total. The summed E-state index contributed by atoms with van der Waals surface area (Å²) in [6, 6.07) is 16.9. The lowest BCUT2D eigenvalue weighted by atomic mass is 10.1. The molecule has 6 nitrogen and oxygen atoms in total. The summed E-state index contributed by atoms with van der Waals surface area (Å²) >= 11 is 6.01. The second-order valence-electron chi connectivity index (χ2n) is 8.40. The molecule has 0 bridgehead atoms. The Kier molecular flexibility index (Phi) is 6.47. The summed E-state index contributed by atoms with van der Waals surface area (Å²) in [7, 11) is -3.64. The Morgan fingerprint density at radius 2 is 1.70 bits per heavy atom. The first-order valence-corrected chi connectivity index (χ1v) is 12.6. The number of anilines is 1. The van der Waals surface area contributed by atoms with Crippen LogP contribution in [0.25, 0.3) is 16.6 Å². The molecule has 0 radical (unpaired) electrons. The van der Waals surface area contributed by atoms with Crippen molar-refractivity contribution in [2.75, 3.05) is 11.9 Å². The van der Waals surface area contributed by atoms with Crippen molar-refractivity contribution < 1.29 is 8.42 Å². The Morgan fingerprint density at radius 3 is 2.36 bits per heavy atom. The second kappa shape index (κ2) is 9.17. The van der Waals surface area contributed by atoms with Gasteiger partial charge in [-0.25, -0.2) is 17.8 Å². The lowest BCUT2D eigenvalue weighted by molar-refractivity contribution is 0.564. The molecule has 8 heteroatoms. The zero-order valence-corrected chi connectivity index (χ0v) is 20.6. The number of nitrogens with zero attached hydrogens (tertiary/aromatic N) is 2. The van der Waals surface area contributed by atoms with Gasteiger partial charge in [0, 0.05) is 28.7 Å². The van der Waals surface area contributed by atoms with Crippen LogP contribution in [-0.2, 0) is 10.0 Å². The predicted molar refractivity (Wildman–Crippen MR) is 135 cm³/mol. The number of fused-ring (bicyclic) bond motifs is 1. The van der Waals surface area contributed by atoms with E-state index in [1.165, 1.54) is 0 Å². The van der Waals surface area contributed by atoms with Crippen LogP contribution in [0.5, 0.6) is 0 Å². The highest BCUT2D eigenvalue weighted by Gasteiger charge is 2.22. The largest absolute Gasteiger partial charge is 0.383 e. The van der Waals surface area contributed by atoms with Gasteiger partial charge in [0.15, 0.2) is 0 Å².